The minimum atomic E-state index is -0.796. The van der Waals surface area contributed by atoms with Crippen molar-refractivity contribution in [1.29, 1.82) is 0 Å². The van der Waals surface area contributed by atoms with E-state index >= 15 is 0 Å². The summed E-state index contributed by atoms with van der Waals surface area (Å²) in [6.45, 7) is 2.31. The minimum absolute atomic E-state index is 0.0568. The van der Waals surface area contributed by atoms with Gasteiger partial charge in [-0.1, -0.05) is 0 Å². The lowest BCUT2D eigenvalue weighted by molar-refractivity contribution is -0.150. The Kier molecular flexibility index (Phi) is 3.91. The zero-order chi connectivity index (χ0) is 13.1. The van der Waals surface area contributed by atoms with Crippen LogP contribution in [0.3, 0.4) is 0 Å². The summed E-state index contributed by atoms with van der Waals surface area (Å²) in [6.07, 6.45) is 0.843. The molecule has 0 unspecified atom stereocenters. The Labute approximate surface area is 104 Å². The van der Waals surface area contributed by atoms with Gasteiger partial charge in [0.05, 0.1) is 0 Å². The molecule has 0 aliphatic carbocycles. The van der Waals surface area contributed by atoms with Crippen molar-refractivity contribution in [3.05, 3.63) is 35.4 Å². The van der Waals surface area contributed by atoms with Gasteiger partial charge in [-0.15, -0.1) is 0 Å². The Hall–Kier alpha value is -1.49. The van der Waals surface area contributed by atoms with Gasteiger partial charge in [0.15, 0.2) is 0 Å². The van der Waals surface area contributed by atoms with E-state index in [1.807, 2.05) is 0 Å². The molecule has 1 aliphatic rings. The molecule has 1 N–H and O–H groups in total. The number of benzene rings is 1. The fraction of sp³-hybridized carbons (Fsp3) is 0.462. The third kappa shape index (κ3) is 2.85. The summed E-state index contributed by atoms with van der Waals surface area (Å²) < 4.78 is 31.6. The fourth-order valence-electron chi connectivity index (χ4n) is 2.03. The first kappa shape index (κ1) is 13.0. The van der Waals surface area contributed by atoms with Crippen molar-refractivity contribution in [3.8, 4) is 0 Å². The lowest BCUT2D eigenvalue weighted by Gasteiger charge is -2.17. The molecule has 0 amide bonds. The molecule has 1 fully saturated rings. The average Bonchev–Trinajstić information content (AvgIpc) is 2.85. The molecule has 1 aliphatic heterocycles. The number of hydrogen-bond donors (Lipinski definition) is 1. The number of esters is 1. The van der Waals surface area contributed by atoms with Crippen LogP contribution in [-0.4, -0.2) is 18.6 Å². The van der Waals surface area contributed by atoms with E-state index in [0.717, 1.165) is 37.6 Å². The molecule has 0 bridgehead atoms. The molecule has 2 rings (SSSR count). The Bertz CT molecular complexity index is 445. The molecule has 1 saturated heterocycles. The highest BCUT2D eigenvalue weighted by atomic mass is 19.1. The van der Waals surface area contributed by atoms with E-state index in [1.165, 1.54) is 6.92 Å². The monoisotopic (exact) mass is 255 g/mol. The fourth-order valence-corrected chi connectivity index (χ4v) is 2.03. The van der Waals surface area contributed by atoms with E-state index < -0.39 is 23.7 Å². The summed E-state index contributed by atoms with van der Waals surface area (Å²) in [4.78, 5) is 11.7. The van der Waals surface area contributed by atoms with Crippen LogP contribution < -0.4 is 5.32 Å². The molecule has 0 aromatic heterocycles. The maximum atomic E-state index is 13.5. The molecule has 1 aromatic carbocycles. The highest BCUT2D eigenvalue weighted by Crippen LogP contribution is 2.22. The van der Waals surface area contributed by atoms with Crippen LogP contribution in [-0.2, 0) is 9.53 Å². The SMILES string of the molecule is C[C@H](OC(=O)[C@H]1CCCN1)c1cc(F)ccc1F. The predicted molar refractivity (Wildman–Crippen MR) is 61.9 cm³/mol. The van der Waals surface area contributed by atoms with E-state index in [9.17, 15) is 13.6 Å². The van der Waals surface area contributed by atoms with Crippen LogP contribution >= 0.6 is 0 Å². The Morgan fingerprint density at radius 2 is 2.28 bits per heavy atom. The number of hydrogen-bond acceptors (Lipinski definition) is 3. The zero-order valence-electron chi connectivity index (χ0n) is 10.1. The summed E-state index contributed by atoms with van der Waals surface area (Å²) in [5.74, 6) is -1.53. The van der Waals surface area contributed by atoms with Gasteiger partial charge in [0, 0.05) is 5.56 Å². The highest BCUT2D eigenvalue weighted by molar-refractivity contribution is 5.76. The van der Waals surface area contributed by atoms with Crippen molar-refractivity contribution < 1.29 is 18.3 Å². The molecule has 1 heterocycles. The second kappa shape index (κ2) is 5.44. The number of nitrogens with one attached hydrogen (secondary N) is 1. The third-order valence-corrected chi connectivity index (χ3v) is 3.03. The van der Waals surface area contributed by atoms with Crippen molar-refractivity contribution >= 4 is 5.97 Å². The van der Waals surface area contributed by atoms with Gasteiger partial charge in [-0.05, 0) is 44.5 Å². The third-order valence-electron chi connectivity index (χ3n) is 3.03. The Morgan fingerprint density at radius 3 is 2.94 bits per heavy atom. The number of ether oxygens (including phenoxy) is 1. The van der Waals surface area contributed by atoms with Crippen LogP contribution in [0.5, 0.6) is 0 Å². The van der Waals surface area contributed by atoms with Crippen molar-refractivity contribution in [2.75, 3.05) is 6.54 Å². The van der Waals surface area contributed by atoms with Crippen molar-refractivity contribution in [1.82, 2.24) is 5.32 Å². The molecule has 18 heavy (non-hydrogen) atoms. The quantitative estimate of drug-likeness (QED) is 0.842. The van der Waals surface area contributed by atoms with E-state index in [1.54, 1.807) is 0 Å². The van der Waals surface area contributed by atoms with Crippen molar-refractivity contribution in [2.24, 2.45) is 0 Å². The van der Waals surface area contributed by atoms with Gasteiger partial charge in [0.25, 0.3) is 0 Å². The zero-order valence-corrected chi connectivity index (χ0v) is 10.1. The number of rotatable bonds is 3. The maximum absolute atomic E-state index is 13.5. The number of carbonyl (C=O) groups is 1. The highest BCUT2D eigenvalue weighted by Gasteiger charge is 2.26. The molecular formula is C13H15F2NO2. The lowest BCUT2D eigenvalue weighted by atomic mass is 10.1. The summed E-state index contributed by atoms with van der Waals surface area (Å²) in [6, 6.07) is 2.79. The maximum Gasteiger partial charge on any atom is 0.323 e. The molecule has 0 spiro atoms. The number of halogens is 2. The molecule has 3 nitrogen and oxygen atoms in total. The molecule has 98 valence electrons. The Morgan fingerprint density at radius 1 is 1.50 bits per heavy atom. The van der Waals surface area contributed by atoms with Crippen LogP contribution in [0.15, 0.2) is 18.2 Å². The van der Waals surface area contributed by atoms with Crippen molar-refractivity contribution in [2.45, 2.75) is 31.9 Å². The first-order valence-electron chi connectivity index (χ1n) is 5.97. The van der Waals surface area contributed by atoms with Crippen LogP contribution in [0.2, 0.25) is 0 Å². The van der Waals surface area contributed by atoms with Gasteiger partial charge in [-0.3, -0.25) is 4.79 Å². The van der Waals surface area contributed by atoms with Gasteiger partial charge < -0.3 is 10.1 Å². The second-order valence-electron chi connectivity index (χ2n) is 4.39. The van der Waals surface area contributed by atoms with Crippen LogP contribution in [0.4, 0.5) is 8.78 Å². The van der Waals surface area contributed by atoms with Gasteiger partial charge in [0.1, 0.15) is 23.8 Å². The Balaban J connectivity index is 2.04. The molecule has 2 atom stereocenters. The van der Waals surface area contributed by atoms with E-state index in [0.29, 0.717) is 0 Å². The standard InChI is InChI=1S/C13H15F2NO2/c1-8(10-7-9(14)4-5-11(10)15)18-13(17)12-3-2-6-16-12/h4-5,7-8,12,16H,2-3,6H2,1H3/t8-,12+/m0/s1. The smallest absolute Gasteiger partial charge is 0.323 e. The predicted octanol–water partition coefficient (Wildman–Crippen LogP) is 2.32. The first-order valence-corrected chi connectivity index (χ1v) is 5.97. The first-order chi connectivity index (χ1) is 8.58. The van der Waals surface area contributed by atoms with Gasteiger partial charge in [-0.2, -0.15) is 0 Å². The normalized spacial score (nSPS) is 20.7. The molecular weight excluding hydrogens is 240 g/mol. The van der Waals surface area contributed by atoms with E-state index in [-0.39, 0.29) is 11.6 Å². The lowest BCUT2D eigenvalue weighted by Crippen LogP contribution is -2.33. The molecule has 0 radical (unpaired) electrons. The average molecular weight is 255 g/mol. The topological polar surface area (TPSA) is 38.3 Å². The summed E-state index contributed by atoms with van der Waals surface area (Å²) in [5, 5.41) is 3.00. The van der Waals surface area contributed by atoms with E-state index in [2.05, 4.69) is 5.32 Å². The number of carbonyl (C=O) groups excluding carboxylic acids is 1. The van der Waals surface area contributed by atoms with Crippen molar-refractivity contribution in [3.63, 3.8) is 0 Å². The van der Waals surface area contributed by atoms with Gasteiger partial charge in [0.2, 0.25) is 0 Å². The largest absolute Gasteiger partial charge is 0.457 e. The van der Waals surface area contributed by atoms with E-state index in [4.69, 9.17) is 4.74 Å². The summed E-state index contributed by atoms with van der Waals surface area (Å²) in [7, 11) is 0. The second-order valence-corrected chi connectivity index (χ2v) is 4.39. The summed E-state index contributed by atoms with van der Waals surface area (Å²) in [5.41, 5.74) is 0.0568. The van der Waals surface area contributed by atoms with Crippen LogP contribution in [0.1, 0.15) is 31.4 Å². The van der Waals surface area contributed by atoms with Crippen LogP contribution in [0, 0.1) is 11.6 Å². The molecule has 0 saturated carbocycles. The molecule has 5 heteroatoms. The van der Waals surface area contributed by atoms with Gasteiger partial charge >= 0.3 is 5.97 Å². The summed E-state index contributed by atoms with van der Waals surface area (Å²) >= 11 is 0. The minimum Gasteiger partial charge on any atom is -0.457 e. The van der Waals surface area contributed by atoms with Gasteiger partial charge in [-0.25, -0.2) is 8.78 Å². The molecule has 1 aromatic rings. The van der Waals surface area contributed by atoms with Crippen LogP contribution in [0.25, 0.3) is 0 Å².